The van der Waals surface area contributed by atoms with Crippen molar-refractivity contribution in [2.45, 2.75) is 13.8 Å². The Bertz CT molecular complexity index is 426. The Labute approximate surface area is 102 Å². The molecule has 0 atom stereocenters. The lowest BCUT2D eigenvalue weighted by Gasteiger charge is -2.18. The van der Waals surface area contributed by atoms with E-state index in [-0.39, 0.29) is 0 Å². The molecular formula is C13H18N4. The summed E-state index contributed by atoms with van der Waals surface area (Å²) in [5.41, 5.74) is 7.44. The summed E-state index contributed by atoms with van der Waals surface area (Å²) in [6.45, 7) is 4.91. The van der Waals surface area contributed by atoms with E-state index in [2.05, 4.69) is 24.9 Å². The number of aliphatic imine (C=N–C) groups is 1. The summed E-state index contributed by atoms with van der Waals surface area (Å²) in [6.07, 6.45) is 0. The third-order valence-electron chi connectivity index (χ3n) is 2.35. The van der Waals surface area contributed by atoms with Gasteiger partial charge in [-0.3, -0.25) is 4.99 Å². The topological polar surface area (TPSA) is 65.4 Å². The molecular weight excluding hydrogens is 212 g/mol. The van der Waals surface area contributed by atoms with Crippen LogP contribution in [-0.4, -0.2) is 19.6 Å². The molecule has 90 valence electrons. The number of guanidine groups is 1. The average molecular weight is 230 g/mol. The zero-order valence-electron chi connectivity index (χ0n) is 10.5. The highest BCUT2D eigenvalue weighted by molar-refractivity contribution is 5.94. The van der Waals surface area contributed by atoms with Crippen LogP contribution in [-0.2, 0) is 0 Å². The van der Waals surface area contributed by atoms with Gasteiger partial charge in [0.2, 0.25) is 0 Å². The van der Waals surface area contributed by atoms with Crippen LogP contribution in [0.1, 0.15) is 19.4 Å². The van der Waals surface area contributed by atoms with Gasteiger partial charge in [-0.25, -0.2) is 0 Å². The van der Waals surface area contributed by atoms with Crippen LogP contribution < -0.4 is 10.6 Å². The fraction of sp³-hybridized carbons (Fsp3) is 0.385. The minimum Gasteiger partial charge on any atom is -0.370 e. The lowest BCUT2D eigenvalue weighted by Crippen LogP contribution is -2.34. The predicted molar refractivity (Wildman–Crippen MR) is 70.9 cm³/mol. The van der Waals surface area contributed by atoms with Gasteiger partial charge in [0.15, 0.2) is 5.96 Å². The molecule has 0 aliphatic carbocycles. The van der Waals surface area contributed by atoms with Gasteiger partial charge in [-0.2, -0.15) is 5.26 Å². The Kier molecular flexibility index (Phi) is 4.53. The number of benzene rings is 1. The molecule has 0 fully saturated rings. The van der Waals surface area contributed by atoms with Gasteiger partial charge in [-0.05, 0) is 30.2 Å². The number of rotatable bonds is 3. The smallest absolute Gasteiger partial charge is 0.195 e. The van der Waals surface area contributed by atoms with Crippen LogP contribution in [0, 0.1) is 17.2 Å². The van der Waals surface area contributed by atoms with E-state index < -0.39 is 0 Å². The van der Waals surface area contributed by atoms with Crippen LogP contribution >= 0.6 is 0 Å². The van der Waals surface area contributed by atoms with E-state index in [9.17, 15) is 0 Å². The third kappa shape index (κ3) is 3.80. The van der Waals surface area contributed by atoms with Crippen LogP contribution in [0.2, 0.25) is 0 Å². The van der Waals surface area contributed by atoms with E-state index in [4.69, 9.17) is 11.0 Å². The van der Waals surface area contributed by atoms with Gasteiger partial charge in [0.1, 0.15) is 0 Å². The summed E-state index contributed by atoms with van der Waals surface area (Å²) in [5, 5.41) is 8.71. The summed E-state index contributed by atoms with van der Waals surface area (Å²) in [4.78, 5) is 6.11. The maximum Gasteiger partial charge on any atom is 0.195 e. The molecule has 1 aromatic carbocycles. The number of nitrogens with two attached hydrogens (primary N) is 1. The van der Waals surface area contributed by atoms with Crippen molar-refractivity contribution in [3.63, 3.8) is 0 Å². The molecule has 0 amide bonds. The van der Waals surface area contributed by atoms with Crippen LogP contribution in [0.4, 0.5) is 5.69 Å². The lowest BCUT2D eigenvalue weighted by molar-refractivity contribution is 0.664. The quantitative estimate of drug-likeness (QED) is 0.637. The number of nitrogens with zero attached hydrogens (tertiary/aromatic N) is 3. The van der Waals surface area contributed by atoms with Crippen LogP contribution in [0.25, 0.3) is 0 Å². The second-order valence-corrected chi connectivity index (χ2v) is 4.31. The molecule has 0 heterocycles. The zero-order chi connectivity index (χ0) is 12.8. The van der Waals surface area contributed by atoms with Crippen molar-refractivity contribution in [1.29, 1.82) is 5.26 Å². The summed E-state index contributed by atoms with van der Waals surface area (Å²) in [5.74, 6) is 0.978. The normalized spacial score (nSPS) is 11.4. The first-order valence-electron chi connectivity index (χ1n) is 5.58. The van der Waals surface area contributed by atoms with Gasteiger partial charge in [-0.1, -0.05) is 13.8 Å². The van der Waals surface area contributed by atoms with Crippen molar-refractivity contribution in [1.82, 2.24) is 0 Å². The molecule has 0 aromatic heterocycles. The van der Waals surface area contributed by atoms with Crippen molar-refractivity contribution >= 4 is 11.6 Å². The maximum absolute atomic E-state index is 8.71. The van der Waals surface area contributed by atoms with E-state index in [1.54, 1.807) is 12.1 Å². The highest BCUT2D eigenvalue weighted by atomic mass is 15.2. The standard InChI is InChI=1S/C13H18N4/c1-10(2)9-16-13(15)17(3)12-6-4-11(8-14)5-7-12/h4-7,10H,9H2,1-3H3,(H2,15,16). The Hall–Kier alpha value is -2.02. The minimum absolute atomic E-state index is 0.489. The summed E-state index contributed by atoms with van der Waals surface area (Å²) in [7, 11) is 1.86. The molecule has 0 spiro atoms. The lowest BCUT2D eigenvalue weighted by atomic mass is 10.2. The summed E-state index contributed by atoms with van der Waals surface area (Å²) >= 11 is 0. The molecule has 1 rings (SSSR count). The van der Waals surface area contributed by atoms with Gasteiger partial charge in [0.25, 0.3) is 0 Å². The first-order chi connectivity index (χ1) is 8.04. The largest absolute Gasteiger partial charge is 0.370 e. The van der Waals surface area contributed by atoms with E-state index in [1.807, 2.05) is 24.1 Å². The van der Waals surface area contributed by atoms with Crippen LogP contribution in [0.5, 0.6) is 0 Å². The van der Waals surface area contributed by atoms with E-state index >= 15 is 0 Å². The molecule has 0 saturated heterocycles. The SMILES string of the molecule is CC(C)CN=C(N)N(C)c1ccc(C#N)cc1. The van der Waals surface area contributed by atoms with Gasteiger partial charge in [0.05, 0.1) is 11.6 Å². The van der Waals surface area contributed by atoms with Gasteiger partial charge in [-0.15, -0.1) is 0 Å². The first kappa shape index (κ1) is 13.0. The van der Waals surface area contributed by atoms with Crippen LogP contribution in [0.3, 0.4) is 0 Å². The number of hydrogen-bond donors (Lipinski definition) is 1. The molecule has 0 saturated carbocycles. The van der Waals surface area contributed by atoms with E-state index in [0.29, 0.717) is 24.0 Å². The maximum atomic E-state index is 8.71. The highest BCUT2D eigenvalue weighted by Gasteiger charge is 2.05. The highest BCUT2D eigenvalue weighted by Crippen LogP contribution is 2.13. The second-order valence-electron chi connectivity index (χ2n) is 4.31. The van der Waals surface area contributed by atoms with Crippen LogP contribution in [0.15, 0.2) is 29.3 Å². The van der Waals surface area contributed by atoms with Gasteiger partial charge < -0.3 is 10.6 Å². The zero-order valence-corrected chi connectivity index (χ0v) is 10.5. The summed E-state index contributed by atoms with van der Waals surface area (Å²) in [6, 6.07) is 9.33. The average Bonchev–Trinajstić information content (AvgIpc) is 2.35. The minimum atomic E-state index is 0.489. The Morgan fingerprint density at radius 1 is 1.41 bits per heavy atom. The summed E-state index contributed by atoms with van der Waals surface area (Å²) < 4.78 is 0. The third-order valence-corrected chi connectivity index (χ3v) is 2.35. The number of nitriles is 1. The van der Waals surface area contributed by atoms with Crippen molar-refractivity contribution in [3.05, 3.63) is 29.8 Å². The second kappa shape index (κ2) is 5.90. The molecule has 0 bridgehead atoms. The molecule has 0 aliphatic heterocycles. The van der Waals surface area contributed by atoms with Gasteiger partial charge in [0, 0.05) is 19.3 Å². The Morgan fingerprint density at radius 2 is 2.00 bits per heavy atom. The molecule has 0 unspecified atom stereocenters. The Balaban J connectivity index is 2.78. The van der Waals surface area contributed by atoms with Crippen molar-refractivity contribution < 1.29 is 0 Å². The first-order valence-corrected chi connectivity index (χ1v) is 5.58. The van der Waals surface area contributed by atoms with Crippen molar-refractivity contribution in [3.8, 4) is 6.07 Å². The predicted octanol–water partition coefficient (Wildman–Crippen LogP) is 1.97. The number of hydrogen-bond acceptors (Lipinski definition) is 2. The fourth-order valence-electron chi connectivity index (χ4n) is 1.27. The molecule has 2 N–H and O–H groups in total. The molecule has 0 aliphatic rings. The molecule has 0 radical (unpaired) electrons. The Morgan fingerprint density at radius 3 is 2.47 bits per heavy atom. The molecule has 17 heavy (non-hydrogen) atoms. The fourth-order valence-corrected chi connectivity index (χ4v) is 1.27. The molecule has 4 heteroatoms. The number of anilines is 1. The van der Waals surface area contributed by atoms with E-state index in [0.717, 1.165) is 5.69 Å². The van der Waals surface area contributed by atoms with Gasteiger partial charge >= 0.3 is 0 Å². The van der Waals surface area contributed by atoms with Crippen molar-refractivity contribution in [2.75, 3.05) is 18.5 Å². The molecule has 4 nitrogen and oxygen atoms in total. The monoisotopic (exact) mass is 230 g/mol. The van der Waals surface area contributed by atoms with E-state index in [1.165, 1.54) is 0 Å². The molecule has 1 aromatic rings. The van der Waals surface area contributed by atoms with Crippen molar-refractivity contribution in [2.24, 2.45) is 16.6 Å².